The van der Waals surface area contributed by atoms with Gasteiger partial charge < -0.3 is 19.9 Å². The number of halogens is 2. The van der Waals surface area contributed by atoms with Crippen LogP contribution < -0.4 is 10.6 Å². The number of nitrogen functional groups attached to an aromatic ring is 1. The van der Waals surface area contributed by atoms with Crippen LogP contribution in [-0.2, 0) is 11.3 Å². The molecule has 3 rings (SSSR count). The van der Waals surface area contributed by atoms with Gasteiger partial charge in [0.05, 0.1) is 18.8 Å². The Hall–Kier alpha value is -2.72. The zero-order valence-electron chi connectivity index (χ0n) is 17.3. The maximum absolute atomic E-state index is 13.9. The quantitative estimate of drug-likeness (QED) is 0.675. The third-order valence-electron chi connectivity index (χ3n) is 5.59. The van der Waals surface area contributed by atoms with Crippen molar-refractivity contribution in [2.75, 3.05) is 30.3 Å². The van der Waals surface area contributed by atoms with Gasteiger partial charge in [-0.25, -0.2) is 9.18 Å². The average molecular weight is 433 g/mol. The summed E-state index contributed by atoms with van der Waals surface area (Å²) >= 11 is 6.30. The molecular weight excluding hydrogens is 407 g/mol. The van der Waals surface area contributed by atoms with Crippen LogP contribution in [0.5, 0.6) is 0 Å². The molecule has 1 aromatic heterocycles. The van der Waals surface area contributed by atoms with Gasteiger partial charge in [-0.15, -0.1) is 0 Å². The van der Waals surface area contributed by atoms with Crippen LogP contribution in [0.1, 0.15) is 54.7 Å². The first kappa shape index (κ1) is 22.0. The van der Waals surface area contributed by atoms with Gasteiger partial charge in [0.1, 0.15) is 23.3 Å². The molecule has 30 heavy (non-hydrogen) atoms. The van der Waals surface area contributed by atoms with Crippen LogP contribution in [-0.4, -0.2) is 30.2 Å². The van der Waals surface area contributed by atoms with Crippen LogP contribution in [0.2, 0.25) is 5.02 Å². The smallest absolute Gasteiger partial charge is 0.357 e. The zero-order valence-corrected chi connectivity index (χ0v) is 18.0. The highest BCUT2D eigenvalue weighted by atomic mass is 35.5. The molecule has 0 bridgehead atoms. The highest BCUT2D eigenvalue weighted by Crippen LogP contribution is 2.37. The number of nitrogens with two attached hydrogens (primary N) is 1. The lowest BCUT2D eigenvalue weighted by Crippen LogP contribution is -2.37. The first-order valence-corrected chi connectivity index (χ1v) is 10.6. The van der Waals surface area contributed by atoms with Crippen molar-refractivity contribution in [2.45, 2.75) is 39.7 Å². The van der Waals surface area contributed by atoms with E-state index in [0.717, 1.165) is 32.4 Å². The lowest BCUT2D eigenvalue weighted by Gasteiger charge is -2.35. The molecule has 2 heterocycles. The van der Waals surface area contributed by atoms with Crippen molar-refractivity contribution in [3.8, 4) is 6.07 Å². The van der Waals surface area contributed by atoms with Crippen molar-refractivity contribution >= 4 is 29.1 Å². The summed E-state index contributed by atoms with van der Waals surface area (Å²) < 4.78 is 20.8. The summed E-state index contributed by atoms with van der Waals surface area (Å²) in [6.07, 6.45) is 3.12. The Kier molecular flexibility index (Phi) is 6.88. The molecule has 0 saturated carbocycles. The Bertz CT molecular complexity index is 982. The van der Waals surface area contributed by atoms with Gasteiger partial charge in [-0.05, 0) is 49.4 Å². The van der Waals surface area contributed by atoms with Gasteiger partial charge in [0, 0.05) is 18.1 Å². The summed E-state index contributed by atoms with van der Waals surface area (Å²) in [5, 5.41) is 10.2. The summed E-state index contributed by atoms with van der Waals surface area (Å²) in [5.74, 6) is 0.00261. The summed E-state index contributed by atoms with van der Waals surface area (Å²) in [6, 6.07) is 6.24. The molecule has 2 aromatic rings. The van der Waals surface area contributed by atoms with Gasteiger partial charge in [0.25, 0.3) is 0 Å². The first-order valence-electron chi connectivity index (χ1n) is 10.2. The van der Waals surface area contributed by atoms with Gasteiger partial charge in [0.2, 0.25) is 0 Å². The van der Waals surface area contributed by atoms with E-state index in [1.165, 1.54) is 18.2 Å². The fourth-order valence-electron chi connectivity index (χ4n) is 4.06. The summed E-state index contributed by atoms with van der Waals surface area (Å²) in [4.78, 5) is 14.9. The third-order valence-corrected chi connectivity index (χ3v) is 5.96. The number of hydrogen-bond acceptors (Lipinski definition) is 5. The average Bonchev–Trinajstić information content (AvgIpc) is 3.02. The number of nitriles is 1. The molecule has 2 N–H and O–H groups in total. The van der Waals surface area contributed by atoms with Crippen LogP contribution in [0.25, 0.3) is 0 Å². The van der Waals surface area contributed by atoms with Crippen LogP contribution in [0, 0.1) is 23.1 Å². The largest absolute Gasteiger partial charge is 0.461 e. The monoisotopic (exact) mass is 432 g/mol. The predicted molar refractivity (Wildman–Crippen MR) is 115 cm³/mol. The minimum Gasteiger partial charge on any atom is -0.461 e. The van der Waals surface area contributed by atoms with E-state index in [-0.39, 0.29) is 30.1 Å². The number of carbonyl (C=O) groups is 1. The summed E-state index contributed by atoms with van der Waals surface area (Å²) in [5.41, 5.74) is 7.18. The van der Waals surface area contributed by atoms with Crippen molar-refractivity contribution in [3.05, 3.63) is 45.9 Å². The zero-order chi connectivity index (χ0) is 21.8. The maximum Gasteiger partial charge on any atom is 0.357 e. The Morgan fingerprint density at radius 3 is 2.87 bits per heavy atom. The number of esters is 1. The molecule has 8 heteroatoms. The molecule has 160 valence electrons. The number of carbonyl (C=O) groups excluding carboxylic acids is 1. The van der Waals surface area contributed by atoms with E-state index >= 15 is 0 Å². The number of hydrogen-bond donors (Lipinski definition) is 1. The van der Waals surface area contributed by atoms with Gasteiger partial charge in [0.15, 0.2) is 5.69 Å². The van der Waals surface area contributed by atoms with Gasteiger partial charge in [-0.3, -0.25) is 0 Å². The molecule has 1 aliphatic heterocycles. The number of benzene rings is 1. The molecular formula is C22H26ClFN4O2. The van der Waals surface area contributed by atoms with E-state index < -0.39 is 11.8 Å². The van der Waals surface area contributed by atoms with Crippen molar-refractivity contribution in [1.29, 1.82) is 5.26 Å². The number of nitrogens with zero attached hydrogens (tertiary/aromatic N) is 3. The maximum atomic E-state index is 13.9. The second-order valence-electron chi connectivity index (χ2n) is 7.48. The normalized spacial score (nSPS) is 16.4. The molecule has 6 nitrogen and oxygen atoms in total. The number of aromatic nitrogens is 1. The van der Waals surface area contributed by atoms with Crippen LogP contribution >= 0.6 is 11.6 Å². The molecule has 0 amide bonds. The molecule has 0 spiro atoms. The van der Waals surface area contributed by atoms with Crippen LogP contribution in [0.15, 0.2) is 18.2 Å². The van der Waals surface area contributed by atoms with Gasteiger partial charge in [-0.2, -0.15) is 5.26 Å². The van der Waals surface area contributed by atoms with Crippen molar-refractivity contribution in [1.82, 2.24) is 4.57 Å². The molecule has 0 aliphatic carbocycles. The lowest BCUT2D eigenvalue weighted by molar-refractivity contribution is 0.0516. The number of rotatable bonds is 6. The van der Waals surface area contributed by atoms with Crippen LogP contribution in [0.4, 0.5) is 15.9 Å². The summed E-state index contributed by atoms with van der Waals surface area (Å²) in [7, 11) is 0. The molecule has 1 atom stereocenters. The minimum atomic E-state index is -0.616. The molecule has 1 saturated heterocycles. The highest BCUT2D eigenvalue weighted by Gasteiger charge is 2.32. The third kappa shape index (κ3) is 4.24. The topological polar surface area (TPSA) is 84.3 Å². The Balaban J connectivity index is 2.19. The molecule has 1 aliphatic rings. The summed E-state index contributed by atoms with van der Waals surface area (Å²) in [6.45, 7) is 5.61. The Labute approximate surface area is 181 Å². The van der Waals surface area contributed by atoms with E-state index in [0.29, 0.717) is 22.3 Å². The second kappa shape index (κ2) is 9.40. The molecule has 1 fully saturated rings. The number of ether oxygens (including phenoxy) is 1. The van der Waals surface area contributed by atoms with Gasteiger partial charge in [-0.1, -0.05) is 24.9 Å². The fourth-order valence-corrected chi connectivity index (χ4v) is 4.24. The first-order chi connectivity index (χ1) is 14.4. The van der Waals surface area contributed by atoms with E-state index in [1.807, 2.05) is 0 Å². The number of anilines is 2. The lowest BCUT2D eigenvalue weighted by atomic mass is 9.95. The second-order valence-corrected chi connectivity index (χ2v) is 7.88. The molecule has 0 unspecified atom stereocenters. The van der Waals surface area contributed by atoms with E-state index in [4.69, 9.17) is 22.1 Å². The van der Waals surface area contributed by atoms with Crippen molar-refractivity contribution < 1.29 is 13.9 Å². The number of piperidine rings is 1. The standard InChI is InChI=1S/C22H26ClFN4O2/c1-3-14-6-5-9-27(12-14)21-17(11-25)19(26)20(22(29)30-4-2)28(21)13-15-10-16(24)7-8-18(15)23/h7-8,10,14H,3-6,9,12-13,26H2,1-2H3/t14-/m1/s1. The minimum absolute atomic E-state index is 0.0806. The van der Waals surface area contributed by atoms with E-state index in [1.54, 1.807) is 11.5 Å². The molecule has 1 aromatic carbocycles. The molecule has 0 radical (unpaired) electrons. The Morgan fingerprint density at radius 1 is 1.43 bits per heavy atom. The highest BCUT2D eigenvalue weighted by molar-refractivity contribution is 6.31. The van der Waals surface area contributed by atoms with Crippen LogP contribution in [0.3, 0.4) is 0 Å². The Morgan fingerprint density at radius 2 is 2.20 bits per heavy atom. The van der Waals surface area contributed by atoms with Crippen molar-refractivity contribution in [2.24, 2.45) is 5.92 Å². The predicted octanol–water partition coefficient (Wildman–Crippen LogP) is 4.59. The van der Waals surface area contributed by atoms with E-state index in [9.17, 15) is 14.4 Å². The van der Waals surface area contributed by atoms with Crippen molar-refractivity contribution in [3.63, 3.8) is 0 Å². The SMILES string of the molecule is CCOC(=O)c1c(N)c(C#N)c(N2CCC[C@@H](CC)C2)n1Cc1cc(F)ccc1Cl. The van der Waals surface area contributed by atoms with E-state index in [2.05, 4.69) is 17.9 Å². The fraction of sp³-hybridized carbons (Fsp3) is 0.455. The van der Waals surface area contributed by atoms with Gasteiger partial charge >= 0.3 is 5.97 Å².